The maximum Gasteiger partial charge on any atom is 0.243 e. The second-order valence-electron chi connectivity index (χ2n) is 6.02. The largest absolute Gasteiger partial charge is 0.496 e. The van der Waals surface area contributed by atoms with E-state index in [-0.39, 0.29) is 16.7 Å². The second-order valence-corrected chi connectivity index (χ2v) is 7.95. The Morgan fingerprint density at radius 1 is 1.17 bits per heavy atom. The first kappa shape index (κ1) is 17.7. The van der Waals surface area contributed by atoms with Gasteiger partial charge in [-0.15, -0.1) is 0 Å². The fourth-order valence-corrected chi connectivity index (χ4v) is 4.18. The summed E-state index contributed by atoms with van der Waals surface area (Å²) in [6, 6.07) is 4.85. The lowest BCUT2D eigenvalue weighted by atomic mass is 10.2. The number of carbonyl (C=O) groups is 1. The first-order chi connectivity index (χ1) is 10.8. The number of carbonyl (C=O) groups excluding carboxylic acids is 1. The highest BCUT2D eigenvalue weighted by Gasteiger charge is 2.30. The van der Waals surface area contributed by atoms with E-state index in [2.05, 4.69) is 0 Å². The van der Waals surface area contributed by atoms with Gasteiger partial charge < -0.3 is 9.64 Å². The molecule has 1 aromatic carbocycles. The van der Waals surface area contributed by atoms with E-state index < -0.39 is 10.0 Å². The molecule has 0 aliphatic carbocycles. The third-order valence-corrected chi connectivity index (χ3v) is 5.94. The van der Waals surface area contributed by atoms with Gasteiger partial charge in [-0.05, 0) is 30.7 Å². The number of hydrogen-bond acceptors (Lipinski definition) is 4. The van der Waals surface area contributed by atoms with Crippen LogP contribution in [0.4, 0.5) is 0 Å². The van der Waals surface area contributed by atoms with Crippen molar-refractivity contribution in [3.63, 3.8) is 0 Å². The second kappa shape index (κ2) is 6.88. The molecule has 1 aliphatic rings. The van der Waals surface area contributed by atoms with E-state index in [4.69, 9.17) is 4.74 Å². The molecular formula is C16H24N2O4S. The number of nitrogens with zero attached hydrogens (tertiary/aromatic N) is 2. The predicted octanol–water partition coefficient (Wildman–Crippen LogP) is 1.49. The monoisotopic (exact) mass is 340 g/mol. The molecule has 0 atom stereocenters. The van der Waals surface area contributed by atoms with Crippen molar-refractivity contribution in [1.82, 2.24) is 9.21 Å². The quantitative estimate of drug-likeness (QED) is 0.833. The van der Waals surface area contributed by atoms with E-state index in [9.17, 15) is 13.2 Å². The van der Waals surface area contributed by atoms with Gasteiger partial charge in [-0.1, -0.05) is 13.8 Å². The molecule has 1 heterocycles. The molecule has 0 bridgehead atoms. The maximum absolute atomic E-state index is 12.7. The van der Waals surface area contributed by atoms with Crippen molar-refractivity contribution in [3.8, 4) is 5.75 Å². The summed E-state index contributed by atoms with van der Waals surface area (Å²) < 4.78 is 32.1. The Morgan fingerprint density at radius 3 is 2.26 bits per heavy atom. The summed E-state index contributed by atoms with van der Waals surface area (Å²) in [6.07, 6.45) is 0. The zero-order valence-corrected chi connectivity index (χ0v) is 14.9. The van der Waals surface area contributed by atoms with Crippen molar-refractivity contribution in [2.45, 2.75) is 25.7 Å². The minimum Gasteiger partial charge on any atom is -0.496 e. The van der Waals surface area contributed by atoms with Crippen LogP contribution in [0.2, 0.25) is 0 Å². The van der Waals surface area contributed by atoms with Crippen molar-refractivity contribution in [1.29, 1.82) is 0 Å². The molecule has 1 amide bonds. The molecule has 0 spiro atoms. The van der Waals surface area contributed by atoms with Crippen LogP contribution < -0.4 is 4.74 Å². The van der Waals surface area contributed by atoms with Crippen LogP contribution in [0, 0.1) is 12.8 Å². The molecule has 0 unspecified atom stereocenters. The van der Waals surface area contributed by atoms with Gasteiger partial charge in [0.05, 0.1) is 12.0 Å². The van der Waals surface area contributed by atoms with Gasteiger partial charge in [-0.2, -0.15) is 4.31 Å². The lowest BCUT2D eigenvalue weighted by Crippen LogP contribution is -2.51. The highest BCUT2D eigenvalue weighted by Crippen LogP contribution is 2.24. The van der Waals surface area contributed by atoms with Crippen molar-refractivity contribution in [3.05, 3.63) is 23.8 Å². The van der Waals surface area contributed by atoms with Crippen LogP contribution in [-0.2, 0) is 14.8 Å². The van der Waals surface area contributed by atoms with Crippen LogP contribution >= 0.6 is 0 Å². The summed E-state index contributed by atoms with van der Waals surface area (Å²) in [6.45, 7) is 7.04. The van der Waals surface area contributed by atoms with Gasteiger partial charge in [0.15, 0.2) is 0 Å². The molecule has 6 nitrogen and oxygen atoms in total. The average Bonchev–Trinajstić information content (AvgIpc) is 2.54. The molecule has 128 valence electrons. The minimum atomic E-state index is -3.54. The summed E-state index contributed by atoms with van der Waals surface area (Å²) in [5.74, 6) is 0.668. The number of sulfonamides is 1. The Hall–Kier alpha value is -1.60. The highest BCUT2D eigenvalue weighted by molar-refractivity contribution is 7.89. The van der Waals surface area contributed by atoms with Crippen LogP contribution in [0.5, 0.6) is 5.75 Å². The van der Waals surface area contributed by atoms with Crippen LogP contribution in [0.1, 0.15) is 19.4 Å². The molecule has 7 heteroatoms. The predicted molar refractivity (Wildman–Crippen MR) is 87.9 cm³/mol. The number of benzene rings is 1. The Kier molecular flexibility index (Phi) is 5.31. The Morgan fingerprint density at radius 2 is 1.78 bits per heavy atom. The van der Waals surface area contributed by atoms with Gasteiger partial charge in [-0.25, -0.2) is 8.42 Å². The first-order valence-corrected chi connectivity index (χ1v) is 9.15. The Labute approximate surface area is 138 Å². The summed E-state index contributed by atoms with van der Waals surface area (Å²) in [5, 5.41) is 0. The first-order valence-electron chi connectivity index (χ1n) is 7.71. The molecule has 0 radical (unpaired) electrons. The van der Waals surface area contributed by atoms with E-state index in [1.807, 2.05) is 20.8 Å². The number of piperazine rings is 1. The Bertz CT molecular complexity index is 677. The number of ether oxygens (including phenoxy) is 1. The molecular weight excluding hydrogens is 316 g/mol. The van der Waals surface area contributed by atoms with Crippen LogP contribution in [-0.4, -0.2) is 56.8 Å². The van der Waals surface area contributed by atoms with Gasteiger partial charge >= 0.3 is 0 Å². The summed E-state index contributed by atoms with van der Waals surface area (Å²) in [5.41, 5.74) is 0.780. The third kappa shape index (κ3) is 3.67. The van der Waals surface area contributed by atoms with Gasteiger partial charge in [0, 0.05) is 32.1 Å². The maximum atomic E-state index is 12.7. The fourth-order valence-electron chi connectivity index (χ4n) is 2.67. The number of rotatable bonds is 4. The van der Waals surface area contributed by atoms with Gasteiger partial charge in [0.1, 0.15) is 5.75 Å². The van der Waals surface area contributed by atoms with E-state index in [0.717, 1.165) is 5.56 Å². The molecule has 1 saturated heterocycles. The molecule has 23 heavy (non-hydrogen) atoms. The molecule has 0 aromatic heterocycles. The number of hydrogen-bond donors (Lipinski definition) is 0. The van der Waals surface area contributed by atoms with E-state index >= 15 is 0 Å². The zero-order chi connectivity index (χ0) is 17.2. The Balaban J connectivity index is 2.13. The van der Waals surface area contributed by atoms with Crippen molar-refractivity contribution in [2.24, 2.45) is 5.92 Å². The van der Waals surface area contributed by atoms with Crippen LogP contribution in [0.15, 0.2) is 23.1 Å². The number of methoxy groups -OCH3 is 1. The zero-order valence-electron chi connectivity index (χ0n) is 14.1. The smallest absolute Gasteiger partial charge is 0.243 e. The summed E-state index contributed by atoms with van der Waals surface area (Å²) >= 11 is 0. The van der Waals surface area contributed by atoms with Crippen molar-refractivity contribution >= 4 is 15.9 Å². The van der Waals surface area contributed by atoms with Crippen molar-refractivity contribution in [2.75, 3.05) is 33.3 Å². The standard InChI is InChI=1S/C16H24N2O4S/c1-12(2)16(19)17-7-9-18(10-8-17)23(20,21)14-5-6-15(22-4)13(3)11-14/h5-6,11-12H,7-10H2,1-4H3. The van der Waals surface area contributed by atoms with E-state index in [1.54, 1.807) is 30.2 Å². The van der Waals surface area contributed by atoms with Crippen molar-refractivity contribution < 1.29 is 17.9 Å². The lowest BCUT2D eigenvalue weighted by Gasteiger charge is -2.34. The number of aryl methyl sites for hydroxylation is 1. The molecule has 0 saturated carbocycles. The fraction of sp³-hybridized carbons (Fsp3) is 0.562. The topological polar surface area (TPSA) is 66.9 Å². The molecule has 1 fully saturated rings. The number of amides is 1. The van der Waals surface area contributed by atoms with Gasteiger partial charge in [0.2, 0.25) is 15.9 Å². The summed E-state index contributed by atoms with van der Waals surface area (Å²) in [7, 11) is -1.98. The van der Waals surface area contributed by atoms with E-state index in [1.165, 1.54) is 4.31 Å². The molecule has 1 aliphatic heterocycles. The average molecular weight is 340 g/mol. The summed E-state index contributed by atoms with van der Waals surface area (Å²) in [4.78, 5) is 14.0. The van der Waals surface area contributed by atoms with Gasteiger partial charge in [0.25, 0.3) is 0 Å². The molecule has 0 N–H and O–H groups in total. The molecule has 2 rings (SSSR count). The SMILES string of the molecule is COc1ccc(S(=O)(=O)N2CCN(C(=O)C(C)C)CC2)cc1C. The van der Waals surface area contributed by atoms with Crippen LogP contribution in [0.25, 0.3) is 0 Å². The minimum absolute atomic E-state index is 0.0672. The third-order valence-electron chi connectivity index (χ3n) is 4.05. The molecule has 1 aromatic rings. The van der Waals surface area contributed by atoms with E-state index in [0.29, 0.717) is 31.9 Å². The van der Waals surface area contributed by atoms with Crippen LogP contribution in [0.3, 0.4) is 0 Å². The van der Waals surface area contributed by atoms with Gasteiger partial charge in [-0.3, -0.25) is 4.79 Å². The normalized spacial score (nSPS) is 16.7. The lowest BCUT2D eigenvalue weighted by molar-refractivity contribution is -0.135. The highest BCUT2D eigenvalue weighted by atomic mass is 32.2.